The van der Waals surface area contributed by atoms with Crippen molar-refractivity contribution < 1.29 is 0 Å². The fourth-order valence-corrected chi connectivity index (χ4v) is 3.42. The molecule has 168 valence electrons. The molecule has 2 rings (SSSR count). The zero-order chi connectivity index (χ0) is 21.4. The molecule has 2 aromatic rings. The number of aromatic nitrogens is 3. The molecule has 8 heteroatoms. The molecule has 0 atom stereocenters. The summed E-state index contributed by atoms with van der Waals surface area (Å²) < 4.78 is 1.86. The van der Waals surface area contributed by atoms with Crippen LogP contribution in [0.4, 0.5) is 0 Å². The van der Waals surface area contributed by atoms with Crippen molar-refractivity contribution in [2.75, 3.05) is 19.6 Å². The van der Waals surface area contributed by atoms with Gasteiger partial charge in [0.1, 0.15) is 0 Å². The van der Waals surface area contributed by atoms with E-state index in [0.717, 1.165) is 48.4 Å². The van der Waals surface area contributed by atoms with Crippen LogP contribution in [0.3, 0.4) is 0 Å². The number of hydrogen-bond acceptors (Lipinski definition) is 4. The predicted molar refractivity (Wildman–Crippen MR) is 136 cm³/mol. The molecule has 0 saturated heterocycles. The van der Waals surface area contributed by atoms with Crippen molar-refractivity contribution in [3.63, 3.8) is 0 Å². The van der Waals surface area contributed by atoms with Crippen molar-refractivity contribution in [1.82, 2.24) is 30.3 Å². The van der Waals surface area contributed by atoms with Gasteiger partial charge in [-0.3, -0.25) is 4.90 Å². The first-order valence-corrected chi connectivity index (χ1v) is 10.6. The van der Waals surface area contributed by atoms with Crippen molar-refractivity contribution in [3.8, 4) is 5.82 Å². The van der Waals surface area contributed by atoms with Crippen LogP contribution < -0.4 is 10.6 Å². The number of aliphatic imine (C=N–C) groups is 1. The van der Waals surface area contributed by atoms with E-state index >= 15 is 0 Å². The number of halogens is 1. The molecule has 0 saturated carbocycles. The van der Waals surface area contributed by atoms with E-state index in [2.05, 4.69) is 66.3 Å². The normalized spacial score (nSPS) is 11.9. The molecule has 0 fully saturated rings. The van der Waals surface area contributed by atoms with Crippen LogP contribution in [0, 0.1) is 13.8 Å². The van der Waals surface area contributed by atoms with Gasteiger partial charge in [0.05, 0.1) is 12.2 Å². The predicted octanol–water partition coefficient (Wildman–Crippen LogP) is 3.68. The number of guanidine groups is 1. The topological polar surface area (TPSA) is 70.4 Å². The first-order chi connectivity index (χ1) is 13.8. The SMILES string of the molecule is CCNC(=NCc1ccc(-n2nc(C)cc2C)nc1)NCCN(C(C)C)C(C)C.I. The van der Waals surface area contributed by atoms with E-state index in [1.54, 1.807) is 0 Å². The molecule has 0 unspecified atom stereocenters. The van der Waals surface area contributed by atoms with E-state index < -0.39 is 0 Å². The van der Waals surface area contributed by atoms with E-state index in [1.807, 2.05) is 36.9 Å². The molecule has 2 aromatic heterocycles. The second kappa shape index (κ2) is 12.9. The number of nitrogens with zero attached hydrogens (tertiary/aromatic N) is 5. The van der Waals surface area contributed by atoms with Crippen LogP contribution in [-0.4, -0.2) is 57.3 Å². The second-order valence-electron chi connectivity index (χ2n) is 7.91. The van der Waals surface area contributed by atoms with Gasteiger partial charge in [0.15, 0.2) is 11.8 Å². The summed E-state index contributed by atoms with van der Waals surface area (Å²) in [7, 11) is 0. The third kappa shape index (κ3) is 7.86. The minimum Gasteiger partial charge on any atom is -0.357 e. The van der Waals surface area contributed by atoms with Gasteiger partial charge in [-0.25, -0.2) is 14.7 Å². The number of pyridine rings is 1. The Morgan fingerprint density at radius 3 is 2.33 bits per heavy atom. The van der Waals surface area contributed by atoms with Crippen LogP contribution in [0.25, 0.3) is 5.82 Å². The molecule has 0 amide bonds. The molecule has 0 aliphatic heterocycles. The van der Waals surface area contributed by atoms with Crippen molar-refractivity contribution in [1.29, 1.82) is 0 Å². The first-order valence-electron chi connectivity index (χ1n) is 10.6. The zero-order valence-corrected chi connectivity index (χ0v) is 21.8. The summed E-state index contributed by atoms with van der Waals surface area (Å²) in [4.78, 5) is 11.7. The molecule has 0 aliphatic carbocycles. The molecule has 30 heavy (non-hydrogen) atoms. The summed E-state index contributed by atoms with van der Waals surface area (Å²) in [6.45, 7) is 18.3. The highest BCUT2D eigenvalue weighted by Crippen LogP contribution is 2.10. The van der Waals surface area contributed by atoms with Crippen molar-refractivity contribution >= 4 is 29.9 Å². The minimum absolute atomic E-state index is 0. The maximum atomic E-state index is 4.71. The molecule has 0 spiro atoms. The Morgan fingerprint density at radius 2 is 1.83 bits per heavy atom. The largest absolute Gasteiger partial charge is 0.357 e. The Kier molecular flexibility index (Phi) is 11.3. The summed E-state index contributed by atoms with van der Waals surface area (Å²) in [5.74, 6) is 1.67. The molecule has 2 N–H and O–H groups in total. The van der Waals surface area contributed by atoms with Crippen LogP contribution in [0.2, 0.25) is 0 Å². The van der Waals surface area contributed by atoms with Gasteiger partial charge in [-0.2, -0.15) is 5.10 Å². The van der Waals surface area contributed by atoms with Gasteiger partial charge in [-0.05, 0) is 66.2 Å². The van der Waals surface area contributed by atoms with Gasteiger partial charge in [0.2, 0.25) is 0 Å². The van der Waals surface area contributed by atoms with E-state index in [4.69, 9.17) is 4.99 Å². The lowest BCUT2D eigenvalue weighted by Crippen LogP contribution is -2.45. The second-order valence-corrected chi connectivity index (χ2v) is 7.91. The van der Waals surface area contributed by atoms with E-state index in [-0.39, 0.29) is 24.0 Å². The van der Waals surface area contributed by atoms with E-state index in [1.165, 1.54) is 0 Å². The Morgan fingerprint density at radius 1 is 1.13 bits per heavy atom. The quantitative estimate of drug-likeness (QED) is 0.296. The van der Waals surface area contributed by atoms with E-state index in [9.17, 15) is 0 Å². The maximum Gasteiger partial charge on any atom is 0.191 e. The van der Waals surface area contributed by atoms with Crippen LogP contribution in [0.1, 0.15) is 51.6 Å². The Labute approximate surface area is 198 Å². The fourth-order valence-electron chi connectivity index (χ4n) is 3.42. The van der Waals surface area contributed by atoms with Crippen LogP contribution >= 0.6 is 24.0 Å². The summed E-state index contributed by atoms with van der Waals surface area (Å²) >= 11 is 0. The average Bonchev–Trinajstić information content (AvgIpc) is 3.01. The highest BCUT2D eigenvalue weighted by molar-refractivity contribution is 14.0. The molecule has 2 heterocycles. The van der Waals surface area contributed by atoms with Crippen molar-refractivity contribution in [3.05, 3.63) is 41.3 Å². The van der Waals surface area contributed by atoms with Crippen LogP contribution in [0.5, 0.6) is 0 Å². The molecule has 0 aromatic carbocycles. The molecule has 0 aliphatic rings. The summed E-state index contributed by atoms with van der Waals surface area (Å²) in [5, 5.41) is 11.2. The highest BCUT2D eigenvalue weighted by atomic mass is 127. The lowest BCUT2D eigenvalue weighted by molar-refractivity contribution is 0.178. The zero-order valence-electron chi connectivity index (χ0n) is 19.4. The van der Waals surface area contributed by atoms with Gasteiger partial charge in [-0.15, -0.1) is 24.0 Å². The lowest BCUT2D eigenvalue weighted by Gasteiger charge is -2.30. The standard InChI is InChI=1S/C22H37N7.HI/c1-8-23-22(24-11-12-28(16(2)3)17(4)5)26-15-20-9-10-21(25-14-20)29-19(7)13-18(6)27-29;/h9-10,13-14,16-17H,8,11-12,15H2,1-7H3,(H2,23,24,26);1H. The number of hydrogen-bond donors (Lipinski definition) is 2. The van der Waals surface area contributed by atoms with Crippen molar-refractivity contribution in [2.24, 2.45) is 4.99 Å². The molecule has 0 radical (unpaired) electrons. The number of rotatable bonds is 9. The summed E-state index contributed by atoms with van der Waals surface area (Å²) in [6.07, 6.45) is 1.87. The van der Waals surface area contributed by atoms with E-state index in [0.29, 0.717) is 18.6 Å². The third-order valence-electron chi connectivity index (χ3n) is 4.79. The Hall–Kier alpha value is -1.68. The van der Waals surface area contributed by atoms with Crippen LogP contribution in [-0.2, 0) is 6.54 Å². The molecule has 0 bridgehead atoms. The van der Waals surface area contributed by atoms with Gasteiger partial charge in [0, 0.05) is 43.6 Å². The number of aryl methyl sites for hydroxylation is 2. The maximum absolute atomic E-state index is 4.71. The van der Waals surface area contributed by atoms with Gasteiger partial charge in [-0.1, -0.05) is 6.07 Å². The monoisotopic (exact) mass is 527 g/mol. The highest BCUT2D eigenvalue weighted by Gasteiger charge is 2.12. The van der Waals surface area contributed by atoms with Gasteiger partial charge < -0.3 is 10.6 Å². The third-order valence-corrected chi connectivity index (χ3v) is 4.79. The number of nitrogens with one attached hydrogen (secondary N) is 2. The summed E-state index contributed by atoms with van der Waals surface area (Å²) in [5.41, 5.74) is 3.14. The van der Waals surface area contributed by atoms with Gasteiger partial charge >= 0.3 is 0 Å². The lowest BCUT2D eigenvalue weighted by atomic mass is 10.2. The smallest absolute Gasteiger partial charge is 0.191 e. The molecular formula is C22H38IN7. The van der Waals surface area contributed by atoms with Crippen molar-refractivity contribution in [2.45, 2.75) is 67.1 Å². The fraction of sp³-hybridized carbons (Fsp3) is 0.591. The Bertz CT molecular complexity index is 773. The Balaban J connectivity index is 0.00000450. The molecular weight excluding hydrogens is 489 g/mol. The van der Waals surface area contributed by atoms with Crippen LogP contribution in [0.15, 0.2) is 29.4 Å². The molecule has 7 nitrogen and oxygen atoms in total. The average molecular weight is 527 g/mol. The van der Waals surface area contributed by atoms with Gasteiger partial charge in [0.25, 0.3) is 0 Å². The minimum atomic E-state index is 0. The first kappa shape index (κ1) is 26.4. The summed E-state index contributed by atoms with van der Waals surface area (Å²) in [6, 6.07) is 7.17.